The van der Waals surface area contributed by atoms with Crippen LogP contribution in [0.4, 0.5) is 10.5 Å². The summed E-state index contributed by atoms with van der Waals surface area (Å²) in [6, 6.07) is 6.39. The van der Waals surface area contributed by atoms with E-state index in [1.165, 1.54) is 11.0 Å². The molecule has 134 valence electrons. The van der Waals surface area contributed by atoms with Crippen LogP contribution in [0.2, 0.25) is 0 Å². The molecule has 2 fully saturated rings. The lowest BCUT2D eigenvalue weighted by molar-refractivity contribution is -0.134. The molecule has 1 aromatic carbocycles. The summed E-state index contributed by atoms with van der Waals surface area (Å²) in [5.74, 6) is -0.648. The van der Waals surface area contributed by atoms with Crippen LogP contribution < -0.4 is 10.6 Å². The first-order valence-corrected chi connectivity index (χ1v) is 8.25. The van der Waals surface area contributed by atoms with E-state index < -0.39 is 17.5 Å². The Morgan fingerprint density at radius 1 is 1.38 bits per heavy atom. The average Bonchev–Trinajstić information content (AvgIpc) is 3.29. The smallest absolute Gasteiger partial charge is 0.324 e. The maximum Gasteiger partial charge on any atom is 0.325 e. The van der Waals surface area contributed by atoms with Crippen LogP contribution in [-0.4, -0.2) is 55.0 Å². The van der Waals surface area contributed by atoms with Crippen LogP contribution >= 0.6 is 0 Å². The van der Waals surface area contributed by atoms with Crippen LogP contribution in [0.5, 0.6) is 0 Å². The van der Waals surface area contributed by atoms with E-state index in [0.29, 0.717) is 11.4 Å². The second kappa shape index (κ2) is 5.90. The molecule has 26 heavy (non-hydrogen) atoms. The molecule has 10 nitrogen and oxygen atoms in total. The zero-order valence-corrected chi connectivity index (χ0v) is 14.0. The number of nitrogens with zero attached hydrogens (tertiary/aromatic N) is 5. The minimum absolute atomic E-state index is 0.153. The number of aromatic nitrogens is 4. The van der Waals surface area contributed by atoms with Crippen molar-refractivity contribution in [1.29, 1.82) is 0 Å². The molecule has 4 amide bonds. The molecule has 0 radical (unpaired) electrons. The molecule has 1 aliphatic carbocycles. The molecule has 2 aliphatic rings. The zero-order valence-electron chi connectivity index (χ0n) is 14.0. The molecule has 0 spiro atoms. The van der Waals surface area contributed by atoms with E-state index in [0.717, 1.165) is 17.7 Å². The van der Waals surface area contributed by atoms with E-state index >= 15 is 0 Å². The molecular weight excluding hydrogens is 338 g/mol. The van der Waals surface area contributed by atoms with Crippen LogP contribution in [0, 0.1) is 5.92 Å². The number of carbonyl (C=O) groups is 3. The minimum atomic E-state index is -0.891. The molecule has 1 saturated heterocycles. The maximum absolute atomic E-state index is 12.6. The zero-order chi connectivity index (χ0) is 18.3. The van der Waals surface area contributed by atoms with Gasteiger partial charge >= 0.3 is 6.03 Å². The van der Waals surface area contributed by atoms with Gasteiger partial charge in [0.1, 0.15) is 18.4 Å². The number of anilines is 1. The number of benzene rings is 1. The fourth-order valence-corrected chi connectivity index (χ4v) is 3.15. The Balaban J connectivity index is 1.44. The van der Waals surface area contributed by atoms with Gasteiger partial charge in [-0.15, -0.1) is 5.10 Å². The molecule has 1 aromatic heterocycles. The van der Waals surface area contributed by atoms with Crippen LogP contribution in [-0.2, 0) is 9.59 Å². The van der Waals surface area contributed by atoms with Gasteiger partial charge in [-0.2, -0.15) is 0 Å². The summed E-state index contributed by atoms with van der Waals surface area (Å²) in [7, 11) is 0. The lowest BCUT2D eigenvalue weighted by Gasteiger charge is -2.20. The van der Waals surface area contributed by atoms with Gasteiger partial charge in [0.2, 0.25) is 5.91 Å². The summed E-state index contributed by atoms with van der Waals surface area (Å²) in [6.45, 7) is 1.39. The van der Waals surface area contributed by atoms with E-state index in [2.05, 4.69) is 26.2 Å². The summed E-state index contributed by atoms with van der Waals surface area (Å²) in [4.78, 5) is 38.0. The molecule has 2 N–H and O–H groups in total. The van der Waals surface area contributed by atoms with Crippen LogP contribution in [0.3, 0.4) is 0 Å². The molecule has 1 aliphatic heterocycles. The predicted molar refractivity (Wildman–Crippen MR) is 89.2 cm³/mol. The van der Waals surface area contributed by atoms with Crippen molar-refractivity contribution in [3.63, 3.8) is 0 Å². The van der Waals surface area contributed by atoms with Crippen molar-refractivity contribution in [2.45, 2.75) is 25.3 Å². The Labute approximate surface area is 148 Å². The largest absolute Gasteiger partial charge is 0.325 e. The Bertz CT molecular complexity index is 878. The van der Waals surface area contributed by atoms with Gasteiger partial charge in [-0.05, 0) is 54.3 Å². The van der Waals surface area contributed by atoms with Gasteiger partial charge in [0.15, 0.2) is 0 Å². The first-order chi connectivity index (χ1) is 12.5. The van der Waals surface area contributed by atoms with Crippen molar-refractivity contribution in [3.8, 4) is 5.69 Å². The topological polar surface area (TPSA) is 122 Å². The predicted octanol–water partition coefficient (Wildman–Crippen LogP) is 0.321. The number of urea groups is 1. The average molecular weight is 355 g/mol. The van der Waals surface area contributed by atoms with E-state index in [1.807, 2.05) is 0 Å². The minimum Gasteiger partial charge on any atom is -0.324 e. The van der Waals surface area contributed by atoms with Crippen LogP contribution in [0.15, 0.2) is 30.6 Å². The lowest BCUT2D eigenvalue weighted by atomic mass is 9.96. The fraction of sp³-hybridized carbons (Fsp3) is 0.375. The number of hydrogen-bond acceptors (Lipinski definition) is 6. The normalized spacial score (nSPS) is 22.4. The number of rotatable bonds is 5. The number of imide groups is 1. The van der Waals surface area contributed by atoms with E-state index in [4.69, 9.17) is 0 Å². The number of amides is 4. The molecule has 4 rings (SSSR count). The molecular formula is C16H17N7O3. The molecule has 1 saturated carbocycles. The summed E-state index contributed by atoms with van der Waals surface area (Å²) >= 11 is 0. The quantitative estimate of drug-likeness (QED) is 0.745. The number of hydrogen-bond donors (Lipinski definition) is 2. The monoisotopic (exact) mass is 355 g/mol. The van der Waals surface area contributed by atoms with Crippen molar-refractivity contribution >= 4 is 23.5 Å². The maximum atomic E-state index is 12.6. The fourth-order valence-electron chi connectivity index (χ4n) is 3.15. The molecule has 2 aromatic rings. The summed E-state index contributed by atoms with van der Waals surface area (Å²) in [6.07, 6.45) is 3.26. The Morgan fingerprint density at radius 3 is 2.88 bits per heavy atom. The van der Waals surface area contributed by atoms with Gasteiger partial charge in [-0.25, -0.2) is 9.48 Å². The van der Waals surface area contributed by atoms with E-state index in [9.17, 15) is 14.4 Å². The van der Waals surface area contributed by atoms with E-state index in [-0.39, 0.29) is 18.4 Å². The first-order valence-electron chi connectivity index (χ1n) is 8.25. The van der Waals surface area contributed by atoms with Gasteiger partial charge in [-0.1, -0.05) is 6.07 Å². The van der Waals surface area contributed by atoms with Gasteiger partial charge in [0.05, 0.1) is 5.69 Å². The highest BCUT2D eigenvalue weighted by molar-refractivity contribution is 6.10. The van der Waals surface area contributed by atoms with Gasteiger partial charge < -0.3 is 10.6 Å². The highest BCUT2D eigenvalue weighted by Crippen LogP contribution is 2.42. The second-order valence-electron chi connectivity index (χ2n) is 6.65. The standard InChI is InChI=1S/C16H17N7O3/c1-16(10-5-6-10)14(25)22(15(26)19-16)8-13(24)18-11-3-2-4-12(7-11)23-9-17-20-21-23/h2-4,7,9-10H,5-6,8H2,1H3,(H,18,24)(H,19,26)/t16-/m0/s1. The SMILES string of the molecule is C[C@@]1(C2CC2)NC(=O)N(CC(=O)Nc2cccc(-n3cnnn3)c2)C1=O. The number of nitrogens with one attached hydrogen (secondary N) is 2. The third kappa shape index (κ3) is 2.79. The Hall–Kier alpha value is -3.30. The number of tetrazole rings is 1. The lowest BCUT2D eigenvalue weighted by Crippen LogP contribution is -2.46. The molecule has 10 heteroatoms. The van der Waals surface area contributed by atoms with Gasteiger partial charge in [0, 0.05) is 5.69 Å². The van der Waals surface area contributed by atoms with Crippen molar-refractivity contribution in [2.24, 2.45) is 5.92 Å². The summed E-state index contributed by atoms with van der Waals surface area (Å²) < 4.78 is 1.45. The third-order valence-electron chi connectivity index (χ3n) is 4.74. The van der Waals surface area contributed by atoms with E-state index in [1.54, 1.807) is 31.2 Å². The molecule has 1 atom stereocenters. The molecule has 2 heterocycles. The summed E-state index contributed by atoms with van der Waals surface area (Å²) in [5.41, 5.74) is 0.293. The van der Waals surface area contributed by atoms with Gasteiger partial charge in [0.25, 0.3) is 5.91 Å². The first kappa shape index (κ1) is 16.2. The van der Waals surface area contributed by atoms with Crippen molar-refractivity contribution in [3.05, 3.63) is 30.6 Å². The van der Waals surface area contributed by atoms with Gasteiger partial charge in [-0.3, -0.25) is 14.5 Å². The highest BCUT2D eigenvalue weighted by atomic mass is 16.2. The van der Waals surface area contributed by atoms with Crippen molar-refractivity contribution in [1.82, 2.24) is 30.4 Å². The van der Waals surface area contributed by atoms with Crippen LogP contribution in [0.25, 0.3) is 5.69 Å². The third-order valence-corrected chi connectivity index (χ3v) is 4.74. The number of carbonyl (C=O) groups excluding carboxylic acids is 3. The van der Waals surface area contributed by atoms with Crippen molar-refractivity contribution in [2.75, 3.05) is 11.9 Å². The van der Waals surface area contributed by atoms with Crippen molar-refractivity contribution < 1.29 is 14.4 Å². The van der Waals surface area contributed by atoms with Crippen LogP contribution in [0.1, 0.15) is 19.8 Å². The Kier molecular flexibility index (Phi) is 3.67. The Morgan fingerprint density at radius 2 is 2.19 bits per heavy atom. The second-order valence-corrected chi connectivity index (χ2v) is 6.65. The molecule has 0 unspecified atom stereocenters. The summed E-state index contributed by atoms with van der Waals surface area (Å²) in [5, 5.41) is 16.3. The molecule has 0 bridgehead atoms. The highest BCUT2D eigenvalue weighted by Gasteiger charge is 2.56.